The van der Waals surface area contributed by atoms with Gasteiger partial charge in [0.1, 0.15) is 5.75 Å². The second-order valence-electron chi connectivity index (χ2n) is 13.4. The molecule has 13 heteroatoms. The number of benzene rings is 4. The van der Waals surface area contributed by atoms with E-state index in [1.165, 1.54) is 23.9 Å². The van der Waals surface area contributed by atoms with Crippen LogP contribution in [0.15, 0.2) is 101 Å². The summed E-state index contributed by atoms with van der Waals surface area (Å²) in [5.74, 6) is -3.24. The first-order valence-corrected chi connectivity index (χ1v) is 18.2. The van der Waals surface area contributed by atoms with Gasteiger partial charge in [-0.2, -0.15) is 13.2 Å². The van der Waals surface area contributed by atoms with Crippen molar-refractivity contribution in [2.75, 3.05) is 16.8 Å². The highest BCUT2D eigenvalue weighted by molar-refractivity contribution is 8.00. The van der Waals surface area contributed by atoms with Crippen molar-refractivity contribution in [1.82, 2.24) is 4.98 Å². The molecule has 2 saturated carbocycles. The lowest BCUT2D eigenvalue weighted by Crippen LogP contribution is -2.42. The lowest BCUT2D eigenvalue weighted by Gasteiger charge is -2.43. The predicted octanol–water partition coefficient (Wildman–Crippen LogP) is 7.30. The highest BCUT2D eigenvalue weighted by atomic mass is 32.2. The normalized spacial score (nSPS) is 26.3. The fourth-order valence-corrected chi connectivity index (χ4v) is 11.9. The molecule has 3 fully saturated rings. The van der Waals surface area contributed by atoms with Crippen LogP contribution < -0.4 is 19.8 Å². The minimum atomic E-state index is -4.63. The molecule has 9 rings (SSSR count). The van der Waals surface area contributed by atoms with Crippen molar-refractivity contribution in [2.45, 2.75) is 28.8 Å². The van der Waals surface area contributed by atoms with E-state index in [1.54, 1.807) is 12.1 Å². The number of amides is 3. The van der Waals surface area contributed by atoms with Crippen LogP contribution in [0.3, 0.4) is 0 Å². The molecule has 51 heavy (non-hydrogen) atoms. The summed E-state index contributed by atoms with van der Waals surface area (Å²) in [6.45, 7) is -0.276. The second kappa shape index (κ2) is 11.8. The van der Waals surface area contributed by atoms with Gasteiger partial charge in [-0.1, -0.05) is 72.0 Å². The van der Waals surface area contributed by atoms with Crippen LogP contribution in [-0.4, -0.2) is 34.6 Å². The highest BCUT2D eigenvalue weighted by Gasteiger charge is 2.70. The third kappa shape index (κ3) is 5.11. The summed E-state index contributed by atoms with van der Waals surface area (Å²) in [5.41, 5.74) is 0.415. The topological polar surface area (TPSA) is 109 Å². The van der Waals surface area contributed by atoms with Crippen LogP contribution in [0.2, 0.25) is 0 Å². The molecule has 2 N–H and O–H groups in total. The Morgan fingerprint density at radius 2 is 1.63 bits per heavy atom. The van der Waals surface area contributed by atoms with Gasteiger partial charge in [0.2, 0.25) is 11.8 Å². The summed E-state index contributed by atoms with van der Waals surface area (Å²) in [5, 5.41) is 5.40. The largest absolute Gasteiger partial charge is 0.483 e. The lowest BCUT2D eigenvalue weighted by molar-refractivity contribution is -0.137. The van der Waals surface area contributed by atoms with Crippen LogP contribution in [0.1, 0.15) is 28.3 Å². The molecule has 1 aromatic heterocycles. The Kier molecular flexibility index (Phi) is 7.44. The van der Waals surface area contributed by atoms with Gasteiger partial charge in [0, 0.05) is 32.7 Å². The Bertz CT molecular complexity index is 2320. The van der Waals surface area contributed by atoms with E-state index in [0.29, 0.717) is 22.9 Å². The SMILES string of the molecule is O=C(COc1ccccc1[C@H]1c2sc(=O)[nH]c2SC2C1[C@H]1C[C@@H]2C2C(=O)N(c3cccc(C(F)(F)F)c3)C(=O)C21)Nc1cccc2ccccc12. The average molecular weight is 728 g/mol. The number of halogens is 3. The fraction of sp³-hybridized carbons (Fsp3) is 0.263. The van der Waals surface area contributed by atoms with Gasteiger partial charge in [-0.05, 0) is 59.9 Å². The number of aromatic amines is 1. The van der Waals surface area contributed by atoms with E-state index in [0.717, 1.165) is 49.6 Å². The molecule has 1 saturated heterocycles. The van der Waals surface area contributed by atoms with Crippen LogP contribution in [0.5, 0.6) is 5.75 Å². The number of hydrogen-bond acceptors (Lipinski definition) is 7. The van der Waals surface area contributed by atoms with Crippen molar-refractivity contribution < 1.29 is 32.3 Å². The molecule has 3 amide bonds. The molecular weight excluding hydrogens is 700 g/mol. The first-order valence-electron chi connectivity index (χ1n) is 16.5. The van der Waals surface area contributed by atoms with Crippen molar-refractivity contribution in [1.29, 1.82) is 0 Å². The third-order valence-electron chi connectivity index (χ3n) is 10.8. The number of thiazole rings is 1. The molecule has 3 heterocycles. The molecule has 7 atom stereocenters. The van der Waals surface area contributed by atoms with Gasteiger partial charge in [0.25, 0.3) is 5.91 Å². The zero-order chi connectivity index (χ0) is 35.2. The molecule has 4 aliphatic rings. The van der Waals surface area contributed by atoms with Gasteiger partial charge in [0.15, 0.2) is 6.61 Å². The van der Waals surface area contributed by atoms with Gasteiger partial charge in [0.05, 0.1) is 28.1 Å². The average Bonchev–Trinajstić information content (AvgIpc) is 3.86. The van der Waals surface area contributed by atoms with Crippen molar-refractivity contribution in [3.05, 3.63) is 117 Å². The number of imide groups is 1. The Morgan fingerprint density at radius 1 is 0.902 bits per heavy atom. The van der Waals surface area contributed by atoms with Crippen LogP contribution in [0, 0.1) is 29.6 Å². The number of alkyl halides is 3. The van der Waals surface area contributed by atoms with Crippen LogP contribution >= 0.6 is 23.1 Å². The zero-order valence-corrected chi connectivity index (χ0v) is 28.2. The molecule has 2 bridgehead atoms. The Morgan fingerprint density at radius 3 is 2.45 bits per heavy atom. The minimum absolute atomic E-state index is 0.0789. The molecule has 0 radical (unpaired) electrons. The standard InChI is InChI=1S/C38H28F3N3O5S2/c39-38(40,41)19-9-6-10-20(15-19)44-35(46)30-23-16-24(31(30)36(44)47)32-29(23)28(33-34(50-32)43-37(48)51-33)22-12-3-4-14-26(22)49-17-27(45)42-25-13-5-8-18-7-1-2-11-21(18)25/h1-15,23-24,28-32H,16-17H2,(H,42,45)(H,43,48)/t23-,24-,28-,29?,30?,31?,32?/m1/s1. The number of fused-ring (bicyclic) bond motifs is 10. The van der Waals surface area contributed by atoms with Crippen molar-refractivity contribution in [2.24, 2.45) is 29.6 Å². The van der Waals surface area contributed by atoms with Crippen molar-refractivity contribution >= 4 is 63.0 Å². The molecule has 0 spiro atoms. The maximum absolute atomic E-state index is 14.1. The number of para-hydroxylation sites is 1. The summed E-state index contributed by atoms with van der Waals surface area (Å²) in [4.78, 5) is 58.5. The molecule has 4 aromatic carbocycles. The number of nitrogens with zero attached hydrogens (tertiary/aromatic N) is 1. The summed E-state index contributed by atoms with van der Waals surface area (Å²) in [6, 6.07) is 25.1. The third-order valence-corrected chi connectivity index (χ3v) is 13.4. The summed E-state index contributed by atoms with van der Waals surface area (Å²) < 4.78 is 47.0. The first-order chi connectivity index (χ1) is 24.6. The zero-order valence-electron chi connectivity index (χ0n) is 26.6. The number of thioether (sulfide) groups is 1. The summed E-state index contributed by atoms with van der Waals surface area (Å²) >= 11 is 2.61. The number of aromatic nitrogens is 1. The van der Waals surface area contributed by atoms with E-state index in [2.05, 4.69) is 10.3 Å². The number of hydrogen-bond donors (Lipinski definition) is 2. The molecule has 8 nitrogen and oxygen atoms in total. The van der Waals surface area contributed by atoms with Gasteiger partial charge in [-0.25, -0.2) is 0 Å². The maximum atomic E-state index is 14.1. The lowest BCUT2D eigenvalue weighted by atomic mass is 9.68. The molecule has 5 aromatic rings. The second-order valence-corrected chi connectivity index (χ2v) is 15.6. The van der Waals surface area contributed by atoms with Crippen LogP contribution in [0.4, 0.5) is 24.5 Å². The Balaban J connectivity index is 1.03. The van der Waals surface area contributed by atoms with E-state index in [9.17, 15) is 32.3 Å². The maximum Gasteiger partial charge on any atom is 0.416 e. The number of ether oxygens (including phenoxy) is 1. The molecular formula is C38H28F3N3O5S2. The quantitative estimate of drug-likeness (QED) is 0.178. The number of nitrogens with one attached hydrogen (secondary N) is 2. The minimum Gasteiger partial charge on any atom is -0.483 e. The monoisotopic (exact) mass is 727 g/mol. The van der Waals surface area contributed by atoms with E-state index >= 15 is 0 Å². The van der Waals surface area contributed by atoms with E-state index in [1.807, 2.05) is 54.6 Å². The molecule has 258 valence electrons. The molecule has 2 aliphatic heterocycles. The number of rotatable bonds is 6. The smallest absolute Gasteiger partial charge is 0.416 e. The van der Waals surface area contributed by atoms with E-state index in [-0.39, 0.29) is 52.0 Å². The van der Waals surface area contributed by atoms with Gasteiger partial charge >= 0.3 is 11.0 Å². The number of H-pyrrole nitrogens is 1. The molecule has 4 unspecified atom stereocenters. The van der Waals surface area contributed by atoms with Crippen LogP contribution in [-0.2, 0) is 20.6 Å². The van der Waals surface area contributed by atoms with Gasteiger partial charge in [-0.15, -0.1) is 11.8 Å². The number of carbonyl (C=O) groups excluding carboxylic acids is 3. The summed E-state index contributed by atoms with van der Waals surface area (Å²) in [7, 11) is 0. The summed E-state index contributed by atoms with van der Waals surface area (Å²) in [6.07, 6.45) is -4.02. The van der Waals surface area contributed by atoms with Crippen molar-refractivity contribution in [3.63, 3.8) is 0 Å². The van der Waals surface area contributed by atoms with Crippen molar-refractivity contribution in [3.8, 4) is 5.75 Å². The van der Waals surface area contributed by atoms with Gasteiger partial charge < -0.3 is 15.0 Å². The highest BCUT2D eigenvalue weighted by Crippen LogP contribution is 2.69. The van der Waals surface area contributed by atoms with E-state index in [4.69, 9.17) is 4.74 Å². The van der Waals surface area contributed by atoms with Gasteiger partial charge in [-0.3, -0.25) is 24.1 Å². The first kappa shape index (κ1) is 32.1. The number of carbonyl (C=O) groups is 3. The fourth-order valence-electron chi connectivity index (χ4n) is 8.97. The van der Waals surface area contributed by atoms with Crippen LogP contribution in [0.25, 0.3) is 10.8 Å². The molecule has 2 aliphatic carbocycles. The Hall–Kier alpha value is -4.88. The predicted molar refractivity (Wildman–Crippen MR) is 187 cm³/mol. The number of anilines is 2. The Labute approximate surface area is 297 Å². The van der Waals surface area contributed by atoms with E-state index < -0.39 is 35.4 Å².